The molecule has 3 nitrogen and oxygen atoms in total. The van der Waals surface area contributed by atoms with E-state index < -0.39 is 5.97 Å². The molecular formula is C16H25NO2. The lowest BCUT2D eigenvalue weighted by atomic mass is 10.00. The van der Waals surface area contributed by atoms with E-state index in [1.807, 2.05) is 0 Å². The van der Waals surface area contributed by atoms with Crippen LogP contribution in [0.25, 0.3) is 0 Å². The first-order valence-corrected chi connectivity index (χ1v) is 6.83. The Balaban J connectivity index is 2.84. The smallest absolute Gasteiger partial charge is 0.304 e. The van der Waals surface area contributed by atoms with Crippen molar-refractivity contribution in [3.8, 4) is 0 Å². The SMILES string of the molecule is Cc1cc(C)c(CN(CCC(=O)O)C(C)C)cc1C. The molecule has 3 heteroatoms. The second-order valence-corrected chi connectivity index (χ2v) is 5.57. The number of hydrogen-bond donors (Lipinski definition) is 1. The third-order valence-electron chi connectivity index (χ3n) is 3.67. The number of benzene rings is 1. The summed E-state index contributed by atoms with van der Waals surface area (Å²) in [6.45, 7) is 12.0. The van der Waals surface area contributed by atoms with Crippen LogP contribution < -0.4 is 0 Å². The summed E-state index contributed by atoms with van der Waals surface area (Å²) < 4.78 is 0. The fraction of sp³-hybridized carbons (Fsp3) is 0.562. The summed E-state index contributed by atoms with van der Waals surface area (Å²) in [5, 5.41) is 8.82. The highest BCUT2D eigenvalue weighted by Gasteiger charge is 2.13. The zero-order chi connectivity index (χ0) is 14.6. The van der Waals surface area contributed by atoms with Gasteiger partial charge < -0.3 is 5.11 Å². The average Bonchev–Trinajstić information content (AvgIpc) is 2.30. The van der Waals surface area contributed by atoms with Crippen molar-refractivity contribution in [2.75, 3.05) is 6.54 Å². The summed E-state index contributed by atoms with van der Waals surface area (Å²) >= 11 is 0. The molecule has 0 bridgehead atoms. The van der Waals surface area contributed by atoms with Crippen molar-refractivity contribution in [1.82, 2.24) is 4.90 Å². The van der Waals surface area contributed by atoms with E-state index >= 15 is 0 Å². The molecule has 0 amide bonds. The van der Waals surface area contributed by atoms with Crippen molar-refractivity contribution < 1.29 is 9.90 Å². The van der Waals surface area contributed by atoms with E-state index in [4.69, 9.17) is 5.11 Å². The summed E-state index contributed by atoms with van der Waals surface area (Å²) in [6, 6.07) is 4.78. The van der Waals surface area contributed by atoms with Gasteiger partial charge >= 0.3 is 5.97 Å². The molecule has 0 saturated heterocycles. The number of carbonyl (C=O) groups is 1. The zero-order valence-corrected chi connectivity index (χ0v) is 12.7. The minimum Gasteiger partial charge on any atom is -0.481 e. The number of aliphatic carboxylic acids is 1. The van der Waals surface area contributed by atoms with E-state index in [9.17, 15) is 4.79 Å². The molecule has 0 unspecified atom stereocenters. The van der Waals surface area contributed by atoms with Crippen LogP contribution in [0.1, 0.15) is 42.5 Å². The Morgan fingerprint density at radius 3 is 2.26 bits per heavy atom. The fourth-order valence-corrected chi connectivity index (χ4v) is 2.17. The van der Waals surface area contributed by atoms with E-state index in [-0.39, 0.29) is 6.42 Å². The van der Waals surface area contributed by atoms with Crippen LogP contribution in [0.4, 0.5) is 0 Å². The monoisotopic (exact) mass is 263 g/mol. The third kappa shape index (κ3) is 4.67. The van der Waals surface area contributed by atoms with Crippen LogP contribution in [0, 0.1) is 20.8 Å². The molecule has 0 radical (unpaired) electrons. The maximum absolute atomic E-state index is 10.7. The van der Waals surface area contributed by atoms with Gasteiger partial charge in [-0.25, -0.2) is 0 Å². The van der Waals surface area contributed by atoms with Crippen LogP contribution in [0.3, 0.4) is 0 Å². The summed E-state index contributed by atoms with van der Waals surface area (Å²) in [5.41, 5.74) is 5.18. The maximum atomic E-state index is 10.7. The standard InChI is InChI=1S/C16H25NO2/c1-11(2)17(7-6-16(18)19)10-15-9-13(4)12(3)8-14(15)5/h8-9,11H,6-7,10H2,1-5H3,(H,18,19). The van der Waals surface area contributed by atoms with Crippen molar-refractivity contribution in [2.24, 2.45) is 0 Å². The van der Waals surface area contributed by atoms with Crippen LogP contribution >= 0.6 is 0 Å². The molecule has 1 aromatic carbocycles. The Kier molecular flexibility index (Phi) is 5.55. The number of carboxylic acid groups (broad SMARTS) is 1. The van der Waals surface area contributed by atoms with Crippen molar-refractivity contribution >= 4 is 5.97 Å². The number of hydrogen-bond acceptors (Lipinski definition) is 2. The van der Waals surface area contributed by atoms with Gasteiger partial charge in [0.1, 0.15) is 0 Å². The van der Waals surface area contributed by atoms with Gasteiger partial charge in [-0.05, 0) is 56.9 Å². The Morgan fingerprint density at radius 2 is 1.74 bits per heavy atom. The van der Waals surface area contributed by atoms with Crippen molar-refractivity contribution in [3.05, 3.63) is 34.4 Å². The molecule has 106 valence electrons. The second kappa shape index (κ2) is 6.71. The van der Waals surface area contributed by atoms with Crippen molar-refractivity contribution in [1.29, 1.82) is 0 Å². The first-order chi connectivity index (χ1) is 8.81. The number of carboxylic acids is 1. The van der Waals surface area contributed by atoms with Crippen LogP contribution in [0.5, 0.6) is 0 Å². The molecule has 1 N–H and O–H groups in total. The Hall–Kier alpha value is -1.35. The van der Waals surface area contributed by atoms with Gasteiger partial charge in [0.2, 0.25) is 0 Å². The van der Waals surface area contributed by atoms with Gasteiger partial charge in [0.25, 0.3) is 0 Å². The Morgan fingerprint density at radius 1 is 1.16 bits per heavy atom. The quantitative estimate of drug-likeness (QED) is 0.856. The lowest BCUT2D eigenvalue weighted by Gasteiger charge is -2.27. The summed E-state index contributed by atoms with van der Waals surface area (Å²) in [4.78, 5) is 12.9. The van der Waals surface area contributed by atoms with Gasteiger partial charge in [-0.2, -0.15) is 0 Å². The molecule has 0 spiro atoms. The van der Waals surface area contributed by atoms with Crippen LogP contribution in [0.15, 0.2) is 12.1 Å². The summed E-state index contributed by atoms with van der Waals surface area (Å²) in [7, 11) is 0. The Labute approximate surface area is 116 Å². The molecule has 1 rings (SSSR count). The van der Waals surface area contributed by atoms with Crippen molar-refractivity contribution in [3.63, 3.8) is 0 Å². The van der Waals surface area contributed by atoms with Crippen LogP contribution in [-0.4, -0.2) is 28.6 Å². The predicted molar refractivity (Wildman–Crippen MR) is 78.5 cm³/mol. The predicted octanol–water partition coefficient (Wildman–Crippen LogP) is 3.30. The first-order valence-electron chi connectivity index (χ1n) is 6.83. The van der Waals surface area contributed by atoms with E-state index in [0.717, 1.165) is 6.54 Å². The van der Waals surface area contributed by atoms with Gasteiger partial charge in [0.05, 0.1) is 6.42 Å². The van der Waals surface area contributed by atoms with Gasteiger partial charge in [-0.3, -0.25) is 9.69 Å². The minimum absolute atomic E-state index is 0.196. The van der Waals surface area contributed by atoms with Crippen LogP contribution in [0.2, 0.25) is 0 Å². The number of nitrogens with zero attached hydrogens (tertiary/aromatic N) is 1. The summed E-state index contributed by atoms with van der Waals surface area (Å²) in [6.07, 6.45) is 0.196. The highest BCUT2D eigenvalue weighted by Crippen LogP contribution is 2.18. The normalized spacial score (nSPS) is 11.3. The first kappa shape index (κ1) is 15.7. The molecule has 0 aliphatic rings. The molecule has 1 aromatic rings. The number of rotatable bonds is 6. The Bertz CT molecular complexity index is 452. The maximum Gasteiger partial charge on any atom is 0.304 e. The molecule has 19 heavy (non-hydrogen) atoms. The van der Waals surface area contributed by atoms with E-state index in [1.54, 1.807) is 0 Å². The van der Waals surface area contributed by atoms with E-state index in [0.29, 0.717) is 12.6 Å². The van der Waals surface area contributed by atoms with Crippen molar-refractivity contribution in [2.45, 2.75) is 53.6 Å². The van der Waals surface area contributed by atoms with E-state index in [1.165, 1.54) is 22.3 Å². The zero-order valence-electron chi connectivity index (χ0n) is 12.7. The van der Waals surface area contributed by atoms with Gasteiger partial charge in [-0.15, -0.1) is 0 Å². The molecule has 0 aliphatic carbocycles. The molecular weight excluding hydrogens is 238 g/mol. The molecule has 0 saturated carbocycles. The molecule has 0 fully saturated rings. The average molecular weight is 263 g/mol. The topological polar surface area (TPSA) is 40.5 Å². The third-order valence-corrected chi connectivity index (χ3v) is 3.67. The molecule has 0 atom stereocenters. The molecule has 0 aliphatic heterocycles. The minimum atomic E-state index is -0.734. The number of aryl methyl sites for hydroxylation is 3. The second-order valence-electron chi connectivity index (χ2n) is 5.57. The van der Waals surface area contributed by atoms with Crippen LogP contribution in [-0.2, 0) is 11.3 Å². The molecule has 0 aromatic heterocycles. The highest BCUT2D eigenvalue weighted by molar-refractivity contribution is 5.66. The largest absolute Gasteiger partial charge is 0.481 e. The van der Waals surface area contributed by atoms with Gasteiger partial charge in [-0.1, -0.05) is 12.1 Å². The lowest BCUT2D eigenvalue weighted by molar-refractivity contribution is -0.137. The lowest BCUT2D eigenvalue weighted by Crippen LogP contribution is -2.32. The molecule has 0 heterocycles. The highest BCUT2D eigenvalue weighted by atomic mass is 16.4. The summed E-state index contributed by atoms with van der Waals surface area (Å²) in [5.74, 6) is -0.734. The van der Waals surface area contributed by atoms with E-state index in [2.05, 4.69) is 51.7 Å². The van der Waals surface area contributed by atoms with Gasteiger partial charge in [0.15, 0.2) is 0 Å². The fourth-order valence-electron chi connectivity index (χ4n) is 2.17. The van der Waals surface area contributed by atoms with Gasteiger partial charge in [0, 0.05) is 19.1 Å².